The number of fused-ring (bicyclic) bond motifs is 5. The van der Waals surface area contributed by atoms with Crippen LogP contribution in [-0.2, 0) is 9.53 Å². The van der Waals surface area contributed by atoms with Gasteiger partial charge in [0, 0.05) is 25.4 Å². The van der Waals surface area contributed by atoms with Crippen molar-refractivity contribution in [3.05, 3.63) is 47.8 Å². The Bertz CT molecular complexity index is 1310. The van der Waals surface area contributed by atoms with Gasteiger partial charge in [-0.25, -0.2) is 0 Å². The van der Waals surface area contributed by atoms with Crippen molar-refractivity contribution in [2.75, 3.05) is 19.6 Å². The quantitative estimate of drug-likeness (QED) is 0.221. The summed E-state index contributed by atoms with van der Waals surface area (Å²) in [7, 11) is 0. The molecule has 6 atom stereocenters. The molecule has 3 saturated carbocycles. The Morgan fingerprint density at radius 1 is 0.886 bits per heavy atom. The largest absolute Gasteiger partial charge is 0.462 e. The summed E-state index contributed by atoms with van der Waals surface area (Å²) < 4.78 is 6.38. The average Bonchev–Trinajstić information content (AvgIpc) is 3.81. The van der Waals surface area contributed by atoms with E-state index in [9.17, 15) is 4.79 Å². The molecule has 2 heterocycles. The zero-order chi connectivity index (χ0) is 30.8. The number of ether oxygens (including phenoxy) is 1. The van der Waals surface area contributed by atoms with Crippen LogP contribution < -0.4 is 0 Å². The molecule has 4 nitrogen and oxygen atoms in total. The highest BCUT2D eigenvalue weighted by Crippen LogP contribution is 2.83. The number of aromatic nitrogens is 1. The number of esters is 1. The van der Waals surface area contributed by atoms with E-state index in [1.807, 2.05) is 6.20 Å². The van der Waals surface area contributed by atoms with E-state index in [0.29, 0.717) is 0 Å². The number of likely N-dealkylation sites (tertiary alicyclic amines) is 1. The third kappa shape index (κ3) is 4.17. The van der Waals surface area contributed by atoms with E-state index in [-0.39, 0.29) is 45.1 Å². The number of carbonyl (C=O) groups excluding carboxylic acids is 1. The number of nitrogens with zero attached hydrogens (tertiary/aromatic N) is 2. The van der Waals surface area contributed by atoms with Gasteiger partial charge in [0.1, 0.15) is 6.10 Å². The standard InChI is InChI=1S/C40H58N2O2/c1-6-38-20-15-34(31-10-9-23-41-27-31)37(38,5)21-22-39(7-2)36(4)18-14-33(26-32(36)13-19-40(38,39)8-3)44-35(43)30-16-24-42(25-17-30)28-29-11-12-29/h9-10,13,15,23,27,29-30,33H,6-8,11-12,14,16-22,24-26,28H2,1-5H3/t33-,36-,37+,38+,39+,40-/m0/s1. The van der Waals surface area contributed by atoms with Crippen LogP contribution in [0.1, 0.15) is 130 Å². The lowest BCUT2D eigenvalue weighted by atomic mass is 9.28. The van der Waals surface area contributed by atoms with Crippen molar-refractivity contribution < 1.29 is 9.53 Å². The molecule has 1 aromatic heterocycles. The summed E-state index contributed by atoms with van der Waals surface area (Å²) >= 11 is 0. The van der Waals surface area contributed by atoms with E-state index < -0.39 is 0 Å². The molecule has 240 valence electrons. The highest BCUT2D eigenvalue weighted by Gasteiger charge is 2.75. The summed E-state index contributed by atoms with van der Waals surface area (Å²) in [6.07, 6.45) is 25.8. The van der Waals surface area contributed by atoms with Gasteiger partial charge in [-0.3, -0.25) is 9.78 Å². The number of hydrogen-bond donors (Lipinski definition) is 0. The summed E-state index contributed by atoms with van der Waals surface area (Å²) in [6.45, 7) is 16.2. The van der Waals surface area contributed by atoms with Gasteiger partial charge in [-0.1, -0.05) is 58.4 Å². The molecule has 1 aliphatic heterocycles. The molecule has 4 heteroatoms. The minimum Gasteiger partial charge on any atom is -0.462 e. The normalized spacial score (nSPS) is 40.8. The van der Waals surface area contributed by atoms with Crippen molar-refractivity contribution in [2.45, 2.75) is 131 Å². The molecular formula is C40H58N2O2. The molecule has 6 aliphatic rings. The van der Waals surface area contributed by atoms with Gasteiger partial charge in [0.05, 0.1) is 5.92 Å². The molecule has 7 rings (SSSR count). The highest BCUT2D eigenvalue weighted by molar-refractivity contribution is 5.74. The van der Waals surface area contributed by atoms with Gasteiger partial charge in [-0.15, -0.1) is 0 Å². The fourth-order valence-electron chi connectivity index (χ4n) is 12.7. The molecule has 0 N–H and O–H groups in total. The maximum absolute atomic E-state index is 13.4. The first-order valence-electron chi connectivity index (χ1n) is 18.4. The van der Waals surface area contributed by atoms with Crippen molar-refractivity contribution in [2.24, 2.45) is 38.9 Å². The van der Waals surface area contributed by atoms with Gasteiger partial charge in [0.25, 0.3) is 0 Å². The minimum atomic E-state index is 0.0497. The summed E-state index contributed by atoms with van der Waals surface area (Å²) in [5.74, 6) is 1.11. The molecule has 0 amide bonds. The number of rotatable bonds is 8. The monoisotopic (exact) mass is 598 g/mol. The van der Waals surface area contributed by atoms with Crippen LogP contribution in [-0.4, -0.2) is 41.6 Å². The molecule has 1 aromatic rings. The Morgan fingerprint density at radius 2 is 1.61 bits per heavy atom. The highest BCUT2D eigenvalue weighted by atomic mass is 16.5. The Labute approximate surface area is 267 Å². The predicted octanol–water partition coefficient (Wildman–Crippen LogP) is 9.41. The van der Waals surface area contributed by atoms with Gasteiger partial charge in [0.15, 0.2) is 0 Å². The average molecular weight is 599 g/mol. The van der Waals surface area contributed by atoms with Crippen LogP contribution in [0.15, 0.2) is 42.3 Å². The lowest BCUT2D eigenvalue weighted by Gasteiger charge is -2.75. The van der Waals surface area contributed by atoms with Gasteiger partial charge >= 0.3 is 5.97 Å². The fourth-order valence-corrected chi connectivity index (χ4v) is 12.7. The maximum atomic E-state index is 13.4. The van der Waals surface area contributed by atoms with Crippen molar-refractivity contribution in [3.63, 3.8) is 0 Å². The van der Waals surface area contributed by atoms with Crippen LogP contribution in [0.25, 0.3) is 5.57 Å². The molecule has 0 unspecified atom stereocenters. The smallest absolute Gasteiger partial charge is 0.309 e. The second-order valence-corrected chi connectivity index (χ2v) is 16.3. The van der Waals surface area contributed by atoms with Crippen molar-refractivity contribution in [1.29, 1.82) is 0 Å². The van der Waals surface area contributed by atoms with Gasteiger partial charge in [0.2, 0.25) is 0 Å². The van der Waals surface area contributed by atoms with E-state index in [2.05, 4.69) is 75.0 Å². The Hall–Kier alpha value is -1.94. The molecule has 44 heavy (non-hydrogen) atoms. The van der Waals surface area contributed by atoms with Crippen molar-refractivity contribution >= 4 is 11.5 Å². The molecule has 0 spiro atoms. The first kappa shape index (κ1) is 30.7. The minimum absolute atomic E-state index is 0.0497. The number of pyridine rings is 1. The van der Waals surface area contributed by atoms with E-state index in [0.717, 1.165) is 51.1 Å². The summed E-state index contributed by atoms with van der Waals surface area (Å²) in [4.78, 5) is 20.5. The van der Waals surface area contributed by atoms with Crippen LogP contribution in [0.5, 0.6) is 0 Å². The van der Waals surface area contributed by atoms with E-state index in [1.165, 1.54) is 69.9 Å². The van der Waals surface area contributed by atoms with Gasteiger partial charge in [-0.2, -0.15) is 0 Å². The molecule has 1 saturated heterocycles. The van der Waals surface area contributed by atoms with Crippen LogP contribution >= 0.6 is 0 Å². The maximum Gasteiger partial charge on any atom is 0.309 e. The van der Waals surface area contributed by atoms with Crippen molar-refractivity contribution in [3.8, 4) is 0 Å². The molecular weight excluding hydrogens is 540 g/mol. The number of piperidine rings is 1. The van der Waals surface area contributed by atoms with E-state index >= 15 is 0 Å². The van der Waals surface area contributed by atoms with Crippen LogP contribution in [0, 0.1) is 38.9 Å². The molecule has 5 aliphatic carbocycles. The lowest BCUT2D eigenvalue weighted by Crippen LogP contribution is -2.68. The lowest BCUT2D eigenvalue weighted by molar-refractivity contribution is -0.234. The second-order valence-electron chi connectivity index (χ2n) is 16.3. The van der Waals surface area contributed by atoms with Crippen LogP contribution in [0.4, 0.5) is 0 Å². The summed E-state index contributed by atoms with van der Waals surface area (Å²) in [6, 6.07) is 4.40. The number of allylic oxidation sites excluding steroid dienone is 3. The molecule has 4 fully saturated rings. The Morgan fingerprint density at radius 3 is 2.27 bits per heavy atom. The molecule has 0 bridgehead atoms. The van der Waals surface area contributed by atoms with Crippen LogP contribution in [0.3, 0.4) is 0 Å². The first-order valence-corrected chi connectivity index (χ1v) is 18.4. The van der Waals surface area contributed by atoms with Gasteiger partial charge < -0.3 is 9.64 Å². The molecule has 0 radical (unpaired) electrons. The second kappa shape index (κ2) is 11.1. The zero-order valence-electron chi connectivity index (χ0n) is 28.4. The topological polar surface area (TPSA) is 42.4 Å². The number of carbonyl (C=O) groups is 1. The predicted molar refractivity (Wildman–Crippen MR) is 179 cm³/mol. The third-order valence-electron chi connectivity index (χ3n) is 15.3. The first-order chi connectivity index (χ1) is 21.2. The van der Waals surface area contributed by atoms with Crippen molar-refractivity contribution in [1.82, 2.24) is 9.88 Å². The van der Waals surface area contributed by atoms with E-state index in [1.54, 1.807) is 11.1 Å². The molecule has 0 aromatic carbocycles. The summed E-state index contributed by atoms with van der Waals surface area (Å²) in [5, 5.41) is 0. The van der Waals surface area contributed by atoms with Gasteiger partial charge in [-0.05, 0) is 147 Å². The van der Waals surface area contributed by atoms with Crippen LogP contribution in [0.2, 0.25) is 0 Å². The Balaban J connectivity index is 1.14. The summed E-state index contributed by atoms with van der Waals surface area (Å²) in [5.41, 5.74) is 5.55. The SMILES string of the molecule is CC[C@@]12CC=C3C[C@@H](OC(=O)C4CCN(CC5CC5)CC4)CC[C@]3(C)[C@@]1(CC)CC[C@]1(C)C(c3cccnc3)=CC[C@@]21CC. The number of hydrogen-bond acceptors (Lipinski definition) is 4. The Kier molecular flexibility index (Phi) is 7.74. The third-order valence-corrected chi connectivity index (χ3v) is 15.3. The zero-order valence-corrected chi connectivity index (χ0v) is 28.4. The van der Waals surface area contributed by atoms with E-state index in [4.69, 9.17) is 4.74 Å². The fraction of sp³-hybridized carbons (Fsp3) is 0.750.